The van der Waals surface area contributed by atoms with E-state index in [0.717, 1.165) is 42.6 Å². The van der Waals surface area contributed by atoms with Gasteiger partial charge in [0.2, 0.25) is 11.8 Å². The fraction of sp³-hybridized carbons (Fsp3) is 0.400. The van der Waals surface area contributed by atoms with Crippen molar-refractivity contribution in [2.45, 2.75) is 39.2 Å². The predicted molar refractivity (Wildman–Crippen MR) is 126 cm³/mol. The molecule has 2 aliphatic heterocycles. The Morgan fingerprint density at radius 2 is 1.81 bits per heavy atom. The number of hydrogen-bond donors (Lipinski definition) is 1. The molecule has 2 heterocycles. The molecule has 0 radical (unpaired) electrons. The first-order chi connectivity index (χ1) is 15.3. The van der Waals surface area contributed by atoms with E-state index in [9.17, 15) is 14.4 Å². The molecule has 168 valence electrons. The van der Waals surface area contributed by atoms with E-state index in [0.29, 0.717) is 16.9 Å². The number of amides is 3. The van der Waals surface area contributed by atoms with E-state index in [2.05, 4.69) is 10.2 Å². The van der Waals surface area contributed by atoms with Crippen LogP contribution in [0.2, 0.25) is 0 Å². The van der Waals surface area contributed by atoms with Gasteiger partial charge in [0, 0.05) is 31.9 Å². The van der Waals surface area contributed by atoms with Crippen LogP contribution < -0.4 is 15.1 Å². The second-order valence-corrected chi connectivity index (χ2v) is 8.88. The summed E-state index contributed by atoms with van der Waals surface area (Å²) >= 11 is 0. The zero-order chi connectivity index (χ0) is 23.0. The molecule has 1 N–H and O–H groups in total. The normalized spacial score (nSPS) is 17.5. The molecule has 2 aromatic rings. The molecule has 0 aliphatic carbocycles. The van der Waals surface area contributed by atoms with Crippen LogP contribution in [0.4, 0.5) is 17.1 Å². The first-order valence-corrected chi connectivity index (χ1v) is 11.1. The van der Waals surface area contributed by atoms with Crippen molar-refractivity contribution in [3.63, 3.8) is 0 Å². The summed E-state index contributed by atoms with van der Waals surface area (Å²) in [4.78, 5) is 44.1. The fourth-order valence-corrected chi connectivity index (χ4v) is 4.48. The summed E-state index contributed by atoms with van der Waals surface area (Å²) in [5, 5.41) is 2.91. The molecule has 2 aliphatic rings. The van der Waals surface area contributed by atoms with Crippen molar-refractivity contribution >= 4 is 34.8 Å². The molecule has 0 saturated carbocycles. The second kappa shape index (κ2) is 8.65. The van der Waals surface area contributed by atoms with Crippen LogP contribution in [-0.4, -0.2) is 55.8 Å². The monoisotopic (exact) mass is 434 g/mol. The molecule has 3 amide bonds. The van der Waals surface area contributed by atoms with Crippen molar-refractivity contribution in [1.82, 2.24) is 4.90 Å². The van der Waals surface area contributed by atoms with Gasteiger partial charge in [0.15, 0.2) is 0 Å². The molecule has 0 bridgehead atoms. The molecular weight excluding hydrogens is 404 g/mol. The fourth-order valence-electron chi connectivity index (χ4n) is 4.48. The lowest BCUT2D eigenvalue weighted by atomic mass is 9.95. The number of fused-ring (bicyclic) bond motifs is 3. The number of piperidine rings is 1. The number of nitrogens with zero attached hydrogens (tertiary/aromatic N) is 3. The van der Waals surface area contributed by atoms with Crippen molar-refractivity contribution < 1.29 is 14.4 Å². The number of hydrogen-bond acceptors (Lipinski definition) is 4. The Morgan fingerprint density at radius 3 is 2.53 bits per heavy atom. The van der Waals surface area contributed by atoms with E-state index in [-0.39, 0.29) is 30.3 Å². The molecule has 1 saturated heterocycles. The highest BCUT2D eigenvalue weighted by Gasteiger charge is 2.40. The highest BCUT2D eigenvalue weighted by molar-refractivity contribution is 6.11. The summed E-state index contributed by atoms with van der Waals surface area (Å²) in [6.07, 6.45) is 2.78. The number of carbonyl (C=O) groups excluding carboxylic acids is 3. The van der Waals surface area contributed by atoms with Crippen LogP contribution in [0.5, 0.6) is 0 Å². The molecule has 32 heavy (non-hydrogen) atoms. The van der Waals surface area contributed by atoms with Crippen molar-refractivity contribution in [2.24, 2.45) is 0 Å². The van der Waals surface area contributed by atoms with Crippen LogP contribution in [0.3, 0.4) is 0 Å². The summed E-state index contributed by atoms with van der Waals surface area (Å²) in [6.45, 7) is 4.72. The lowest BCUT2D eigenvalue weighted by Crippen LogP contribution is -2.56. The molecule has 0 aromatic heterocycles. The molecule has 2 aromatic carbocycles. The molecule has 7 heteroatoms. The van der Waals surface area contributed by atoms with Gasteiger partial charge in [0.1, 0.15) is 12.6 Å². The van der Waals surface area contributed by atoms with Gasteiger partial charge in [-0.05, 0) is 74.6 Å². The van der Waals surface area contributed by atoms with Crippen molar-refractivity contribution in [2.75, 3.05) is 42.3 Å². The minimum absolute atomic E-state index is 0.0816. The maximum absolute atomic E-state index is 13.4. The smallest absolute Gasteiger partial charge is 0.253 e. The van der Waals surface area contributed by atoms with E-state index >= 15 is 0 Å². The van der Waals surface area contributed by atoms with Gasteiger partial charge in [-0.25, -0.2) is 0 Å². The number of benzene rings is 2. The largest absolute Gasteiger partial charge is 0.358 e. The average molecular weight is 435 g/mol. The Bertz CT molecular complexity index is 1080. The lowest BCUT2D eigenvalue weighted by molar-refractivity contribution is -0.123. The Hall–Kier alpha value is -3.35. The highest BCUT2D eigenvalue weighted by atomic mass is 16.2. The molecule has 7 nitrogen and oxygen atoms in total. The van der Waals surface area contributed by atoms with Crippen LogP contribution in [0, 0.1) is 13.8 Å². The van der Waals surface area contributed by atoms with Gasteiger partial charge >= 0.3 is 0 Å². The van der Waals surface area contributed by atoms with E-state index in [1.54, 1.807) is 31.1 Å². The minimum Gasteiger partial charge on any atom is -0.358 e. The Balaban J connectivity index is 1.66. The lowest BCUT2D eigenvalue weighted by Gasteiger charge is -2.45. The molecule has 0 unspecified atom stereocenters. The summed E-state index contributed by atoms with van der Waals surface area (Å²) in [5.41, 5.74) is 4.97. The summed E-state index contributed by atoms with van der Waals surface area (Å²) in [7, 11) is 3.39. The number of nitrogens with one attached hydrogen (secondary N) is 1. The number of carbonyl (C=O) groups is 3. The molecule has 1 atom stereocenters. The third-order valence-corrected chi connectivity index (χ3v) is 6.38. The molecule has 4 rings (SSSR count). The topological polar surface area (TPSA) is 73.0 Å². The van der Waals surface area contributed by atoms with Crippen LogP contribution in [0.1, 0.15) is 40.7 Å². The average Bonchev–Trinajstić information content (AvgIpc) is 2.78. The zero-order valence-corrected chi connectivity index (χ0v) is 19.1. The minimum atomic E-state index is -0.263. The first kappa shape index (κ1) is 21.9. The maximum atomic E-state index is 13.4. The van der Waals surface area contributed by atoms with Gasteiger partial charge in [-0.15, -0.1) is 0 Å². The quantitative estimate of drug-likeness (QED) is 0.801. The molecular formula is C25H30N4O3. The molecule has 1 fully saturated rings. The van der Waals surface area contributed by atoms with Gasteiger partial charge in [-0.3, -0.25) is 19.3 Å². The molecule has 0 spiro atoms. The third kappa shape index (κ3) is 4.07. The Morgan fingerprint density at radius 1 is 1.03 bits per heavy atom. The SMILES string of the molecule is Cc1ccc(NC(=O)CN2C(=O)[C@@H]3CCCCN3c3ccc(C(=O)N(C)C)cc32)cc1C. The van der Waals surface area contributed by atoms with Gasteiger partial charge in [0.05, 0.1) is 11.4 Å². The van der Waals surface area contributed by atoms with Crippen molar-refractivity contribution in [3.05, 3.63) is 53.1 Å². The third-order valence-electron chi connectivity index (χ3n) is 6.38. The number of anilines is 3. The van der Waals surface area contributed by atoms with Crippen LogP contribution >= 0.6 is 0 Å². The van der Waals surface area contributed by atoms with Gasteiger partial charge < -0.3 is 15.1 Å². The van der Waals surface area contributed by atoms with E-state index in [1.807, 2.05) is 38.1 Å². The Labute approximate surface area is 189 Å². The highest BCUT2D eigenvalue weighted by Crippen LogP contribution is 2.40. The Kier molecular flexibility index (Phi) is 5.91. The van der Waals surface area contributed by atoms with E-state index in [1.165, 1.54) is 4.90 Å². The summed E-state index contributed by atoms with van der Waals surface area (Å²) in [5.74, 6) is -0.483. The second-order valence-electron chi connectivity index (χ2n) is 8.88. The van der Waals surface area contributed by atoms with Gasteiger partial charge in [0.25, 0.3) is 5.91 Å². The van der Waals surface area contributed by atoms with Crippen molar-refractivity contribution in [3.8, 4) is 0 Å². The maximum Gasteiger partial charge on any atom is 0.253 e. The van der Waals surface area contributed by atoms with Crippen LogP contribution in [0.15, 0.2) is 36.4 Å². The van der Waals surface area contributed by atoms with E-state index in [4.69, 9.17) is 0 Å². The van der Waals surface area contributed by atoms with Gasteiger partial charge in [-0.2, -0.15) is 0 Å². The predicted octanol–water partition coefficient (Wildman–Crippen LogP) is 3.35. The number of rotatable bonds is 4. The van der Waals surface area contributed by atoms with Crippen LogP contribution in [0.25, 0.3) is 0 Å². The summed E-state index contributed by atoms with van der Waals surface area (Å²) < 4.78 is 0. The zero-order valence-electron chi connectivity index (χ0n) is 19.1. The van der Waals surface area contributed by atoms with E-state index < -0.39 is 0 Å². The van der Waals surface area contributed by atoms with Crippen molar-refractivity contribution in [1.29, 1.82) is 0 Å². The number of aryl methyl sites for hydroxylation is 2. The van der Waals surface area contributed by atoms with Gasteiger partial charge in [-0.1, -0.05) is 6.07 Å². The first-order valence-electron chi connectivity index (χ1n) is 11.1. The standard InChI is InChI=1S/C25H30N4O3/c1-16-8-10-19(13-17(16)2)26-23(30)15-29-22-14-18(24(31)27(3)4)9-11-20(22)28-12-6-5-7-21(28)25(29)32/h8-11,13-14,21H,5-7,12,15H2,1-4H3,(H,26,30)/t21-/m0/s1. The van der Waals surface area contributed by atoms with Crippen LogP contribution in [-0.2, 0) is 9.59 Å². The summed E-state index contributed by atoms with van der Waals surface area (Å²) in [6, 6.07) is 10.9.